The van der Waals surface area contributed by atoms with Crippen LogP contribution in [-0.4, -0.2) is 44.5 Å². The molecule has 0 atom stereocenters. The topological polar surface area (TPSA) is 61.9 Å². The lowest BCUT2D eigenvalue weighted by Gasteiger charge is -2.23. The van der Waals surface area contributed by atoms with E-state index >= 15 is 0 Å². The maximum absolute atomic E-state index is 12.9. The summed E-state index contributed by atoms with van der Waals surface area (Å²) < 4.78 is 38.7. The van der Waals surface area contributed by atoms with Gasteiger partial charge in [0.2, 0.25) is 11.1 Å². The van der Waals surface area contributed by atoms with Crippen molar-refractivity contribution in [3.63, 3.8) is 0 Å². The van der Waals surface area contributed by atoms with Crippen molar-refractivity contribution in [2.24, 2.45) is 5.92 Å². The number of carbonyl (C=O) groups excluding carboxylic acids is 1. The average molecular weight is 412 g/mol. The molecule has 1 saturated carbocycles. The SMILES string of the molecule is O=C(CSc1n[nH]c(CC2CCCC2)n1)N(Cc1ccccc1)CC(F)(F)F. The second kappa shape index (κ2) is 9.45. The molecule has 5 nitrogen and oxygen atoms in total. The molecule has 1 aromatic carbocycles. The minimum Gasteiger partial charge on any atom is -0.329 e. The number of aromatic nitrogens is 3. The number of aromatic amines is 1. The number of amides is 1. The van der Waals surface area contributed by atoms with E-state index in [9.17, 15) is 18.0 Å². The number of benzene rings is 1. The summed E-state index contributed by atoms with van der Waals surface area (Å²) in [6.45, 7) is -1.36. The molecule has 152 valence electrons. The third kappa shape index (κ3) is 6.54. The van der Waals surface area contributed by atoms with E-state index in [-0.39, 0.29) is 12.3 Å². The predicted molar refractivity (Wildman–Crippen MR) is 101 cm³/mol. The van der Waals surface area contributed by atoms with Crippen LogP contribution < -0.4 is 0 Å². The van der Waals surface area contributed by atoms with E-state index in [1.54, 1.807) is 30.3 Å². The van der Waals surface area contributed by atoms with E-state index in [0.717, 1.165) is 28.9 Å². The summed E-state index contributed by atoms with van der Waals surface area (Å²) in [7, 11) is 0. The van der Waals surface area contributed by atoms with Gasteiger partial charge in [0.1, 0.15) is 12.4 Å². The number of carbonyl (C=O) groups is 1. The van der Waals surface area contributed by atoms with Crippen LogP contribution in [0.25, 0.3) is 0 Å². The van der Waals surface area contributed by atoms with Crippen LogP contribution >= 0.6 is 11.8 Å². The summed E-state index contributed by atoms with van der Waals surface area (Å²) in [5.41, 5.74) is 0.654. The third-order valence-electron chi connectivity index (χ3n) is 4.73. The molecule has 1 amide bonds. The highest BCUT2D eigenvalue weighted by atomic mass is 32.2. The maximum Gasteiger partial charge on any atom is 0.406 e. The molecule has 1 fully saturated rings. The Morgan fingerprint density at radius 1 is 1.21 bits per heavy atom. The Bertz CT molecular complexity index is 760. The van der Waals surface area contributed by atoms with E-state index in [4.69, 9.17) is 0 Å². The van der Waals surface area contributed by atoms with Crippen molar-refractivity contribution >= 4 is 17.7 Å². The van der Waals surface area contributed by atoms with Crippen LogP contribution in [-0.2, 0) is 17.8 Å². The van der Waals surface area contributed by atoms with Gasteiger partial charge in [0, 0.05) is 13.0 Å². The summed E-state index contributed by atoms with van der Waals surface area (Å²) in [4.78, 5) is 17.6. The largest absolute Gasteiger partial charge is 0.406 e. The monoisotopic (exact) mass is 412 g/mol. The second-order valence-corrected chi connectivity index (χ2v) is 8.00. The van der Waals surface area contributed by atoms with Crippen molar-refractivity contribution in [3.8, 4) is 0 Å². The minimum absolute atomic E-state index is 0.0827. The van der Waals surface area contributed by atoms with Gasteiger partial charge in [-0.05, 0) is 11.5 Å². The van der Waals surface area contributed by atoms with Gasteiger partial charge in [0.15, 0.2) is 0 Å². The highest BCUT2D eigenvalue weighted by Gasteiger charge is 2.33. The van der Waals surface area contributed by atoms with Gasteiger partial charge in [-0.25, -0.2) is 4.98 Å². The lowest BCUT2D eigenvalue weighted by atomic mass is 10.0. The Morgan fingerprint density at radius 3 is 2.61 bits per heavy atom. The molecule has 0 aliphatic heterocycles. The first-order chi connectivity index (χ1) is 13.4. The average Bonchev–Trinajstić information content (AvgIpc) is 3.31. The molecule has 3 rings (SSSR count). The summed E-state index contributed by atoms with van der Waals surface area (Å²) in [5.74, 6) is 0.663. The molecule has 2 aromatic rings. The zero-order chi connectivity index (χ0) is 20.0. The van der Waals surface area contributed by atoms with Gasteiger partial charge in [-0.3, -0.25) is 9.89 Å². The molecule has 0 unspecified atom stereocenters. The number of hydrogen-bond donors (Lipinski definition) is 1. The van der Waals surface area contributed by atoms with Gasteiger partial charge in [-0.1, -0.05) is 67.8 Å². The van der Waals surface area contributed by atoms with Crippen LogP contribution in [0.5, 0.6) is 0 Å². The lowest BCUT2D eigenvalue weighted by molar-refractivity contribution is -0.160. The van der Waals surface area contributed by atoms with Crippen molar-refractivity contribution < 1.29 is 18.0 Å². The Balaban J connectivity index is 1.56. The van der Waals surface area contributed by atoms with Gasteiger partial charge in [0.25, 0.3) is 0 Å². The summed E-state index contributed by atoms with van der Waals surface area (Å²) in [6.07, 6.45) is 1.24. The second-order valence-electron chi connectivity index (χ2n) is 7.06. The van der Waals surface area contributed by atoms with Crippen LogP contribution in [0, 0.1) is 5.92 Å². The number of halogens is 3. The Labute approximate surface area is 166 Å². The minimum atomic E-state index is -4.45. The highest BCUT2D eigenvalue weighted by molar-refractivity contribution is 7.99. The fraction of sp³-hybridized carbons (Fsp3) is 0.526. The molecule has 1 aliphatic rings. The van der Waals surface area contributed by atoms with Crippen LogP contribution in [0.15, 0.2) is 35.5 Å². The lowest BCUT2D eigenvalue weighted by Crippen LogP contribution is -2.39. The van der Waals surface area contributed by atoms with Crippen LogP contribution in [0.2, 0.25) is 0 Å². The highest BCUT2D eigenvalue weighted by Crippen LogP contribution is 2.27. The fourth-order valence-corrected chi connectivity index (χ4v) is 4.11. The van der Waals surface area contributed by atoms with E-state index < -0.39 is 18.6 Å². The molecule has 0 bridgehead atoms. The van der Waals surface area contributed by atoms with Gasteiger partial charge in [0.05, 0.1) is 5.75 Å². The predicted octanol–water partition coefficient (Wildman–Crippen LogP) is 4.22. The van der Waals surface area contributed by atoms with E-state index in [2.05, 4.69) is 15.2 Å². The Morgan fingerprint density at radius 2 is 1.93 bits per heavy atom. The molecule has 9 heteroatoms. The molecule has 1 N–H and O–H groups in total. The van der Waals surface area contributed by atoms with Crippen molar-refractivity contribution in [2.45, 2.75) is 50.0 Å². The molecule has 1 aromatic heterocycles. The summed E-state index contributed by atoms with van der Waals surface area (Å²) in [5, 5.41) is 7.36. The van der Waals surface area contributed by atoms with Crippen LogP contribution in [0.3, 0.4) is 0 Å². The maximum atomic E-state index is 12.9. The first-order valence-electron chi connectivity index (χ1n) is 9.31. The smallest absolute Gasteiger partial charge is 0.329 e. The number of nitrogens with zero attached hydrogens (tertiary/aromatic N) is 3. The van der Waals surface area contributed by atoms with E-state index in [0.29, 0.717) is 16.6 Å². The zero-order valence-corrected chi connectivity index (χ0v) is 16.2. The number of H-pyrrole nitrogens is 1. The van der Waals surface area contributed by atoms with Crippen molar-refractivity contribution in [2.75, 3.05) is 12.3 Å². The molecule has 28 heavy (non-hydrogen) atoms. The molecule has 0 saturated heterocycles. The molecular weight excluding hydrogens is 389 g/mol. The normalized spacial score (nSPS) is 15.1. The molecular formula is C19H23F3N4OS. The number of nitrogens with one attached hydrogen (secondary N) is 1. The zero-order valence-electron chi connectivity index (χ0n) is 15.4. The fourth-order valence-electron chi connectivity index (χ4n) is 3.39. The quantitative estimate of drug-likeness (QED) is 0.660. The standard InChI is InChI=1S/C19H23F3N4OS/c20-19(21,22)13-26(11-15-8-2-1-3-9-15)17(27)12-28-18-23-16(24-25-18)10-14-6-4-5-7-14/h1-3,8-9,14H,4-7,10-13H2,(H,23,24,25). The number of rotatable bonds is 8. The third-order valence-corrected chi connectivity index (χ3v) is 5.56. The molecule has 1 aliphatic carbocycles. The van der Waals surface area contributed by atoms with Gasteiger partial charge >= 0.3 is 6.18 Å². The van der Waals surface area contributed by atoms with Crippen molar-refractivity contribution in [3.05, 3.63) is 41.7 Å². The Kier molecular flexibility index (Phi) is 6.98. The van der Waals surface area contributed by atoms with Crippen LogP contribution in [0.1, 0.15) is 37.1 Å². The molecule has 1 heterocycles. The van der Waals surface area contributed by atoms with Crippen molar-refractivity contribution in [1.29, 1.82) is 0 Å². The first kappa shape index (κ1) is 20.7. The van der Waals surface area contributed by atoms with Gasteiger partial charge in [-0.15, -0.1) is 5.10 Å². The van der Waals surface area contributed by atoms with E-state index in [1.807, 2.05) is 0 Å². The number of alkyl halides is 3. The molecule has 0 spiro atoms. The Hall–Kier alpha value is -2.03. The molecule has 0 radical (unpaired) electrons. The summed E-state index contributed by atoms with van der Waals surface area (Å²) in [6, 6.07) is 8.66. The number of hydrogen-bond acceptors (Lipinski definition) is 4. The van der Waals surface area contributed by atoms with E-state index in [1.165, 1.54) is 25.7 Å². The van der Waals surface area contributed by atoms with Crippen molar-refractivity contribution in [1.82, 2.24) is 20.1 Å². The van der Waals surface area contributed by atoms with Gasteiger partial charge < -0.3 is 4.90 Å². The first-order valence-corrected chi connectivity index (χ1v) is 10.3. The summed E-state index contributed by atoms with van der Waals surface area (Å²) >= 11 is 1.06. The number of thioether (sulfide) groups is 1. The van der Waals surface area contributed by atoms with Crippen LogP contribution in [0.4, 0.5) is 13.2 Å². The van der Waals surface area contributed by atoms with Gasteiger partial charge in [-0.2, -0.15) is 13.2 Å².